The van der Waals surface area contributed by atoms with E-state index in [4.69, 9.17) is 9.51 Å². The summed E-state index contributed by atoms with van der Waals surface area (Å²) in [5, 5.41) is 6.93. The van der Waals surface area contributed by atoms with Crippen LogP contribution in [0.25, 0.3) is 33.3 Å². The van der Waals surface area contributed by atoms with Gasteiger partial charge in [0.2, 0.25) is 5.91 Å². The predicted octanol–water partition coefficient (Wildman–Crippen LogP) is 6.57. The van der Waals surface area contributed by atoms with Crippen molar-refractivity contribution in [3.05, 3.63) is 84.3 Å². The summed E-state index contributed by atoms with van der Waals surface area (Å²) in [6.45, 7) is 7.49. The number of carbonyl (C=O) groups is 1. The van der Waals surface area contributed by atoms with Gasteiger partial charge in [0.15, 0.2) is 0 Å². The monoisotopic (exact) mass is 467 g/mol. The zero-order valence-electron chi connectivity index (χ0n) is 19.5. The highest BCUT2D eigenvalue weighted by Crippen LogP contribution is 2.36. The lowest BCUT2D eigenvalue weighted by molar-refractivity contribution is -0.114. The highest BCUT2D eigenvalue weighted by molar-refractivity contribution is 5.96. The summed E-state index contributed by atoms with van der Waals surface area (Å²) in [7, 11) is 0. The maximum absolute atomic E-state index is 11.4. The molecule has 1 amide bonds. The fraction of sp³-hybridized carbons (Fsp3) is 0.214. The molecule has 4 aromatic heterocycles. The summed E-state index contributed by atoms with van der Waals surface area (Å²) in [5.74, 6) is 0.672. The van der Waals surface area contributed by atoms with Gasteiger partial charge in [0.25, 0.3) is 0 Å². The molecule has 0 saturated heterocycles. The maximum atomic E-state index is 11.4. The van der Waals surface area contributed by atoms with Gasteiger partial charge >= 0.3 is 0 Å². The van der Waals surface area contributed by atoms with E-state index in [2.05, 4.69) is 39.2 Å². The fourth-order valence-electron chi connectivity index (χ4n) is 4.39. The molecule has 1 aromatic carbocycles. The number of amides is 1. The van der Waals surface area contributed by atoms with Gasteiger partial charge in [-0.15, -0.1) is 0 Å². The second-order valence-corrected chi connectivity index (χ2v) is 8.43. The van der Waals surface area contributed by atoms with Crippen molar-refractivity contribution in [2.45, 2.75) is 41.2 Å². The largest absolute Gasteiger partial charge is 0.361 e. The average Bonchev–Trinajstić information content (AvgIpc) is 3.38. The molecule has 7 heteroatoms. The van der Waals surface area contributed by atoms with E-state index in [1.807, 2.05) is 68.7 Å². The van der Waals surface area contributed by atoms with E-state index in [9.17, 15) is 4.79 Å². The van der Waals surface area contributed by atoms with Gasteiger partial charge in [-0.3, -0.25) is 14.8 Å². The normalized spacial score (nSPS) is 11.8. The average molecular weight is 468 g/mol. The molecule has 1 atom stereocenters. The minimum Gasteiger partial charge on any atom is -0.361 e. The van der Waals surface area contributed by atoms with Crippen molar-refractivity contribution in [3.8, 4) is 22.3 Å². The van der Waals surface area contributed by atoms with Crippen molar-refractivity contribution in [1.82, 2.24) is 19.7 Å². The van der Waals surface area contributed by atoms with Crippen molar-refractivity contribution in [2.24, 2.45) is 0 Å². The molecule has 0 saturated carbocycles. The highest BCUT2D eigenvalue weighted by atomic mass is 16.5. The third-order valence-electron chi connectivity index (χ3n) is 6.04. The molecule has 4 heterocycles. The molecule has 5 rings (SSSR count). The Morgan fingerprint density at radius 2 is 1.83 bits per heavy atom. The molecule has 5 aromatic rings. The molecule has 35 heavy (non-hydrogen) atoms. The van der Waals surface area contributed by atoms with Crippen molar-refractivity contribution >= 4 is 22.6 Å². The third kappa shape index (κ3) is 4.45. The van der Waals surface area contributed by atoms with Crippen LogP contribution < -0.4 is 5.32 Å². The molecular weight excluding hydrogens is 438 g/mol. The summed E-state index contributed by atoms with van der Waals surface area (Å²) in [6.07, 6.45) is 5.81. The van der Waals surface area contributed by atoms with Crippen LogP contribution in [-0.2, 0) is 4.79 Å². The Balaban J connectivity index is 0.00000289. The number of pyridine rings is 2. The van der Waals surface area contributed by atoms with Crippen LogP contribution >= 0.6 is 0 Å². The number of hydrogen-bond acceptors (Lipinski definition) is 5. The van der Waals surface area contributed by atoms with Crippen LogP contribution in [0, 0.1) is 13.8 Å². The van der Waals surface area contributed by atoms with Crippen LogP contribution in [0.2, 0.25) is 0 Å². The minimum atomic E-state index is -0.0953. The zero-order valence-corrected chi connectivity index (χ0v) is 19.5. The number of anilines is 1. The van der Waals surface area contributed by atoms with Gasteiger partial charge in [0.05, 0.1) is 28.5 Å². The first-order valence-corrected chi connectivity index (χ1v) is 11.1. The number of fused-ring (bicyclic) bond motifs is 1. The van der Waals surface area contributed by atoms with E-state index in [1.54, 1.807) is 0 Å². The lowest BCUT2D eigenvalue weighted by atomic mass is 10.0. The lowest BCUT2D eigenvalue weighted by Crippen LogP contribution is -2.07. The minimum absolute atomic E-state index is 0. The van der Waals surface area contributed by atoms with E-state index in [0.717, 1.165) is 56.1 Å². The van der Waals surface area contributed by atoms with Gasteiger partial charge in [-0.2, -0.15) is 0 Å². The van der Waals surface area contributed by atoms with E-state index in [-0.39, 0.29) is 19.4 Å². The topological polar surface area (TPSA) is 85.8 Å². The Hall–Kier alpha value is -4.26. The van der Waals surface area contributed by atoms with Crippen LogP contribution in [0.5, 0.6) is 0 Å². The number of nitrogens with one attached hydrogen (secondary N) is 1. The molecular formula is C28H29N5O2. The number of rotatable bonds is 5. The predicted molar refractivity (Wildman–Crippen MR) is 139 cm³/mol. The maximum Gasteiger partial charge on any atom is 0.221 e. The van der Waals surface area contributed by atoms with Crippen LogP contribution in [0.4, 0.5) is 5.69 Å². The molecule has 0 fully saturated rings. The third-order valence-corrected chi connectivity index (χ3v) is 6.04. The van der Waals surface area contributed by atoms with E-state index in [1.165, 1.54) is 6.92 Å². The molecule has 7 nitrogen and oxygen atoms in total. The molecule has 178 valence electrons. The van der Waals surface area contributed by atoms with Crippen LogP contribution in [0.15, 0.2) is 71.6 Å². The van der Waals surface area contributed by atoms with Crippen LogP contribution in [0.1, 0.15) is 44.5 Å². The number of nitrogens with zero attached hydrogens (tertiary/aromatic N) is 4. The van der Waals surface area contributed by atoms with Gasteiger partial charge in [-0.1, -0.05) is 30.8 Å². The molecule has 0 aliphatic rings. The molecule has 0 radical (unpaired) electrons. The van der Waals surface area contributed by atoms with Crippen molar-refractivity contribution in [3.63, 3.8) is 0 Å². The highest BCUT2D eigenvalue weighted by Gasteiger charge is 2.20. The number of hydrogen-bond donors (Lipinski definition) is 1. The second kappa shape index (κ2) is 9.54. The summed E-state index contributed by atoms with van der Waals surface area (Å²) < 4.78 is 7.61. The van der Waals surface area contributed by atoms with Gasteiger partial charge in [-0.25, -0.2) is 0 Å². The van der Waals surface area contributed by atoms with Gasteiger partial charge in [-0.05, 0) is 56.7 Å². The summed E-state index contributed by atoms with van der Waals surface area (Å²) in [4.78, 5) is 20.9. The van der Waals surface area contributed by atoms with Crippen LogP contribution in [-0.4, -0.2) is 25.6 Å². The summed E-state index contributed by atoms with van der Waals surface area (Å²) in [6, 6.07) is 15.9. The Morgan fingerprint density at radius 1 is 1.06 bits per heavy atom. The lowest BCUT2D eigenvalue weighted by Gasteiger charge is -2.15. The van der Waals surface area contributed by atoms with Crippen molar-refractivity contribution in [1.29, 1.82) is 0 Å². The SMILES string of the molecule is C.CC(=O)Nc1ccc(-c2cn([C@@H](C)c3ccccn3)c3cc(-c4c(C)noc4C)cnc23)cc1. The summed E-state index contributed by atoms with van der Waals surface area (Å²) in [5.41, 5.74) is 8.41. The number of aryl methyl sites for hydroxylation is 2. The number of carbonyl (C=O) groups excluding carboxylic acids is 1. The molecule has 0 aliphatic carbocycles. The first-order chi connectivity index (χ1) is 16.4. The standard InChI is InChI=1S/C27H25N5O2.CH4/c1-16-26(18(3)34-31-16)21-13-25-27(29-14-21)23(20-8-10-22(11-9-20)30-19(4)33)15-32(25)17(2)24-7-5-6-12-28-24;/h5-15,17H,1-4H3,(H,30,33);1H4/t17-;/m0./s1. The smallest absolute Gasteiger partial charge is 0.221 e. The Bertz CT molecular complexity index is 1460. The fourth-order valence-corrected chi connectivity index (χ4v) is 4.39. The summed E-state index contributed by atoms with van der Waals surface area (Å²) >= 11 is 0. The van der Waals surface area contributed by atoms with E-state index < -0.39 is 0 Å². The zero-order chi connectivity index (χ0) is 23.8. The quantitative estimate of drug-likeness (QED) is 0.316. The molecule has 0 unspecified atom stereocenters. The molecule has 0 spiro atoms. The van der Waals surface area contributed by atoms with E-state index >= 15 is 0 Å². The Labute approximate surface area is 204 Å². The van der Waals surface area contributed by atoms with Crippen molar-refractivity contribution in [2.75, 3.05) is 5.32 Å². The first kappa shape index (κ1) is 23.9. The van der Waals surface area contributed by atoms with Gasteiger partial charge < -0.3 is 14.4 Å². The van der Waals surface area contributed by atoms with Crippen molar-refractivity contribution < 1.29 is 9.32 Å². The Morgan fingerprint density at radius 3 is 2.46 bits per heavy atom. The van der Waals surface area contributed by atoms with Crippen LogP contribution in [0.3, 0.4) is 0 Å². The number of aromatic nitrogens is 4. The van der Waals surface area contributed by atoms with Gasteiger partial charge in [0, 0.05) is 47.9 Å². The molecule has 1 N–H and O–H groups in total. The number of benzene rings is 1. The first-order valence-electron chi connectivity index (χ1n) is 11.1. The second-order valence-electron chi connectivity index (χ2n) is 8.43. The van der Waals surface area contributed by atoms with E-state index in [0.29, 0.717) is 0 Å². The molecule has 0 aliphatic heterocycles. The van der Waals surface area contributed by atoms with Gasteiger partial charge in [0.1, 0.15) is 5.76 Å². The Kier molecular flexibility index (Phi) is 6.51. The molecule has 0 bridgehead atoms.